The van der Waals surface area contributed by atoms with E-state index in [1.165, 1.54) is 29.9 Å². The van der Waals surface area contributed by atoms with Gasteiger partial charge < -0.3 is 9.72 Å². The van der Waals surface area contributed by atoms with E-state index in [4.69, 9.17) is 11.6 Å². The molecule has 3 aromatic heterocycles. The van der Waals surface area contributed by atoms with Crippen LogP contribution in [0.2, 0.25) is 5.02 Å². The van der Waals surface area contributed by atoms with E-state index in [-0.39, 0.29) is 17.7 Å². The number of hydrogen-bond donors (Lipinski definition) is 2. The van der Waals surface area contributed by atoms with Gasteiger partial charge in [-0.25, -0.2) is 4.98 Å². The number of fused-ring (bicyclic) bond motifs is 1. The molecule has 162 valence electrons. The fraction of sp³-hybridized carbons (Fsp3) is 0.304. The molecule has 1 aromatic carbocycles. The highest BCUT2D eigenvalue weighted by atomic mass is 35.5. The van der Waals surface area contributed by atoms with Crippen LogP contribution in [0.15, 0.2) is 48.8 Å². The summed E-state index contributed by atoms with van der Waals surface area (Å²) in [6, 6.07) is 11.9. The molecule has 0 spiro atoms. The second-order valence-electron chi connectivity index (χ2n) is 8.50. The molecule has 9 heteroatoms. The second-order valence-corrected chi connectivity index (χ2v) is 9.69. The number of imidazole rings is 1. The Morgan fingerprint density at radius 2 is 2.06 bits per heavy atom. The van der Waals surface area contributed by atoms with Gasteiger partial charge in [0.2, 0.25) is 17.0 Å². The topological polar surface area (TPSA) is 84.2 Å². The first-order chi connectivity index (χ1) is 15.6. The number of aromatic nitrogens is 4. The molecular weight excluding hydrogens is 444 g/mol. The van der Waals surface area contributed by atoms with E-state index in [1.54, 1.807) is 0 Å². The minimum Gasteiger partial charge on any atom is -0.355 e. The van der Waals surface area contributed by atoms with Gasteiger partial charge in [-0.1, -0.05) is 29.8 Å². The molecule has 0 aliphatic heterocycles. The monoisotopic (exact) mass is 464 g/mol. The maximum absolute atomic E-state index is 12.6. The summed E-state index contributed by atoms with van der Waals surface area (Å²) in [6.45, 7) is 0.544. The zero-order valence-electron chi connectivity index (χ0n) is 17.2. The number of nitrogens with zero attached hydrogens (tertiary/aromatic N) is 4. The lowest BCUT2D eigenvalue weighted by atomic mass is 10.1. The van der Waals surface area contributed by atoms with Crippen LogP contribution in [0.1, 0.15) is 47.9 Å². The second kappa shape index (κ2) is 7.86. The third-order valence-corrected chi connectivity index (χ3v) is 6.97. The van der Waals surface area contributed by atoms with Gasteiger partial charge in [-0.2, -0.15) is 9.36 Å². The van der Waals surface area contributed by atoms with Crippen LogP contribution >= 0.6 is 23.1 Å². The molecule has 4 aromatic rings. The Bertz CT molecular complexity index is 1310. The minimum atomic E-state index is -0.0631. The predicted molar refractivity (Wildman–Crippen MR) is 125 cm³/mol. The van der Waals surface area contributed by atoms with Gasteiger partial charge in [-0.3, -0.25) is 10.1 Å². The number of amides is 1. The molecule has 0 bridgehead atoms. The van der Waals surface area contributed by atoms with Crippen LogP contribution in [0, 0.1) is 5.92 Å². The fourth-order valence-electron chi connectivity index (χ4n) is 4.11. The molecule has 6 rings (SSSR count). The number of carbonyl (C=O) groups excluding carboxylic acids is 1. The van der Waals surface area contributed by atoms with Crippen molar-refractivity contribution in [1.29, 1.82) is 0 Å². The van der Waals surface area contributed by atoms with E-state index in [0.29, 0.717) is 22.6 Å². The molecule has 2 aliphatic carbocycles. The van der Waals surface area contributed by atoms with Crippen molar-refractivity contribution in [1.82, 2.24) is 18.7 Å². The Morgan fingerprint density at radius 3 is 2.91 bits per heavy atom. The van der Waals surface area contributed by atoms with Crippen LogP contribution in [0.4, 0.5) is 11.1 Å². The molecule has 1 unspecified atom stereocenters. The Balaban J connectivity index is 1.05. The average Bonchev–Trinajstić information content (AvgIpc) is 3.70. The molecule has 2 fully saturated rings. The Kier molecular flexibility index (Phi) is 4.84. The number of pyridine rings is 1. The lowest BCUT2D eigenvalue weighted by Gasteiger charge is -2.02. The summed E-state index contributed by atoms with van der Waals surface area (Å²) < 4.78 is 6.35. The number of halogens is 1. The normalized spacial score (nSPS) is 19.8. The lowest BCUT2D eigenvalue weighted by molar-refractivity contribution is -0.117. The van der Waals surface area contributed by atoms with Crippen LogP contribution in [-0.2, 0) is 11.3 Å². The van der Waals surface area contributed by atoms with Crippen molar-refractivity contribution < 1.29 is 4.79 Å². The largest absolute Gasteiger partial charge is 0.355 e. The highest BCUT2D eigenvalue weighted by Crippen LogP contribution is 2.48. The molecular formula is C23H21ClN6OS. The summed E-state index contributed by atoms with van der Waals surface area (Å²) in [4.78, 5) is 21.6. The van der Waals surface area contributed by atoms with Crippen molar-refractivity contribution in [2.75, 3.05) is 10.6 Å². The average molecular weight is 465 g/mol. The van der Waals surface area contributed by atoms with Crippen molar-refractivity contribution >= 4 is 45.8 Å². The van der Waals surface area contributed by atoms with E-state index in [2.05, 4.69) is 47.7 Å². The summed E-state index contributed by atoms with van der Waals surface area (Å²) in [5, 5.41) is 7.44. The van der Waals surface area contributed by atoms with Crippen LogP contribution in [0.3, 0.4) is 0 Å². The zero-order chi connectivity index (χ0) is 21.7. The first-order valence-electron chi connectivity index (χ1n) is 10.7. The van der Waals surface area contributed by atoms with Crippen LogP contribution in [0.5, 0.6) is 0 Å². The summed E-state index contributed by atoms with van der Waals surface area (Å²) >= 11 is 7.29. The summed E-state index contributed by atoms with van der Waals surface area (Å²) in [7, 11) is 0. The number of carbonyl (C=O) groups is 1. The highest BCUT2D eigenvalue weighted by Gasteiger charge is 2.44. The number of rotatable bonds is 7. The predicted octanol–water partition coefficient (Wildman–Crippen LogP) is 5.07. The SMILES string of the molecule is O=C(Nc1nsc(NCc2cn3cc(C4CC4)ccc3n2)n1)C1C[C@@H]1c1cccc(Cl)c1. The molecule has 7 nitrogen and oxygen atoms in total. The molecule has 32 heavy (non-hydrogen) atoms. The van der Waals surface area contributed by atoms with E-state index in [1.807, 2.05) is 30.5 Å². The van der Waals surface area contributed by atoms with Crippen molar-refractivity contribution in [2.24, 2.45) is 5.92 Å². The third kappa shape index (κ3) is 4.08. The number of nitrogens with one attached hydrogen (secondary N) is 2. The molecule has 3 heterocycles. The van der Waals surface area contributed by atoms with Gasteiger partial charge in [0.15, 0.2) is 0 Å². The van der Waals surface area contributed by atoms with Gasteiger partial charge in [-0.15, -0.1) is 0 Å². The smallest absolute Gasteiger partial charge is 0.243 e. The number of anilines is 2. The van der Waals surface area contributed by atoms with Crippen LogP contribution < -0.4 is 10.6 Å². The van der Waals surface area contributed by atoms with Gasteiger partial charge >= 0.3 is 0 Å². The van der Waals surface area contributed by atoms with E-state index < -0.39 is 0 Å². The van der Waals surface area contributed by atoms with Crippen molar-refractivity contribution in [2.45, 2.75) is 37.6 Å². The summed E-state index contributed by atoms with van der Waals surface area (Å²) in [5.41, 5.74) is 4.35. The summed E-state index contributed by atoms with van der Waals surface area (Å²) in [6.07, 6.45) is 7.61. The number of benzene rings is 1. The quantitative estimate of drug-likeness (QED) is 0.399. The number of hydrogen-bond acceptors (Lipinski definition) is 6. The van der Waals surface area contributed by atoms with Crippen molar-refractivity contribution in [3.8, 4) is 0 Å². The maximum atomic E-state index is 12.6. The highest BCUT2D eigenvalue weighted by molar-refractivity contribution is 7.09. The molecule has 2 N–H and O–H groups in total. The standard InChI is InChI=1S/C23H21ClN6OS/c24-16-3-1-2-14(8-16)18-9-19(18)21(31)27-22-28-23(32-29-22)25-10-17-12-30-11-15(13-4-5-13)6-7-20(30)26-17/h1-3,6-8,11-13,18-19H,4-5,9-10H2,(H2,25,27,28,29,31)/t18-,19?/m1/s1. The maximum Gasteiger partial charge on any atom is 0.243 e. The third-order valence-electron chi connectivity index (χ3n) is 6.06. The van der Waals surface area contributed by atoms with E-state index in [0.717, 1.165) is 29.2 Å². The van der Waals surface area contributed by atoms with Crippen molar-refractivity contribution in [3.05, 3.63) is 70.6 Å². The first-order valence-corrected chi connectivity index (χ1v) is 11.9. The van der Waals surface area contributed by atoms with Crippen LogP contribution in [-0.4, -0.2) is 24.6 Å². The molecule has 1 amide bonds. The zero-order valence-corrected chi connectivity index (χ0v) is 18.7. The molecule has 2 saturated carbocycles. The molecule has 2 atom stereocenters. The molecule has 0 radical (unpaired) electrons. The van der Waals surface area contributed by atoms with Gasteiger partial charge in [-0.05, 0) is 60.4 Å². The lowest BCUT2D eigenvalue weighted by Crippen LogP contribution is -2.15. The Labute approximate surface area is 194 Å². The fourth-order valence-corrected chi connectivity index (χ4v) is 4.83. The van der Waals surface area contributed by atoms with E-state index >= 15 is 0 Å². The van der Waals surface area contributed by atoms with Gasteiger partial charge in [0.25, 0.3) is 0 Å². The Hall–Kier alpha value is -2.97. The van der Waals surface area contributed by atoms with Gasteiger partial charge in [0, 0.05) is 34.9 Å². The molecule has 0 saturated heterocycles. The first kappa shape index (κ1) is 19.7. The molecule has 2 aliphatic rings. The van der Waals surface area contributed by atoms with Gasteiger partial charge in [0.05, 0.1) is 12.2 Å². The van der Waals surface area contributed by atoms with Gasteiger partial charge in [0.1, 0.15) is 5.65 Å². The van der Waals surface area contributed by atoms with Crippen LogP contribution in [0.25, 0.3) is 5.65 Å². The summed E-state index contributed by atoms with van der Waals surface area (Å²) in [5.74, 6) is 1.15. The van der Waals surface area contributed by atoms with E-state index in [9.17, 15) is 4.79 Å². The van der Waals surface area contributed by atoms with Crippen molar-refractivity contribution in [3.63, 3.8) is 0 Å². The Morgan fingerprint density at radius 1 is 1.16 bits per heavy atom. The minimum absolute atomic E-state index is 0.0499.